The zero-order chi connectivity index (χ0) is 8.27. The Labute approximate surface area is 63.0 Å². The quantitative estimate of drug-likeness (QED) is 0.615. The maximum absolute atomic E-state index is 10.7. The average Bonchev–Trinajstić information content (AvgIpc) is 2.39. The summed E-state index contributed by atoms with van der Waals surface area (Å²) in [5, 5.41) is 0. The summed E-state index contributed by atoms with van der Waals surface area (Å²) in [6.45, 7) is 0. The largest absolute Gasteiger partial charge is 0.469 e. The van der Waals surface area contributed by atoms with Gasteiger partial charge in [-0.25, -0.2) is 0 Å². The summed E-state index contributed by atoms with van der Waals surface area (Å²) < 4.78 is 4.83. The molecule has 0 spiro atoms. The summed E-state index contributed by atoms with van der Waals surface area (Å²) in [6.07, 6.45) is 1.38. The molecule has 1 heterocycles. The lowest BCUT2D eigenvalue weighted by Crippen LogP contribution is -2.24. The Balaban J connectivity index is 2.57. The molecule has 0 unspecified atom stereocenters. The van der Waals surface area contributed by atoms with E-state index >= 15 is 0 Å². The summed E-state index contributed by atoms with van der Waals surface area (Å²) in [4.78, 5) is 20.9. The molecule has 0 saturated carbocycles. The van der Waals surface area contributed by atoms with Crippen LogP contribution in [0, 0.1) is 0 Å². The minimum absolute atomic E-state index is 0.0532. The normalized spacial score (nSPS) is 9.45. The molecule has 2 N–H and O–H groups in total. The first kappa shape index (κ1) is 7.53. The molecule has 0 atom stereocenters. The summed E-state index contributed by atoms with van der Waals surface area (Å²) >= 11 is 0. The van der Waals surface area contributed by atoms with Crippen LogP contribution in [0.25, 0.3) is 0 Å². The second kappa shape index (κ2) is 3.01. The van der Waals surface area contributed by atoms with Crippen LogP contribution in [0.4, 0.5) is 0 Å². The molecule has 0 aliphatic carbocycles. The van der Waals surface area contributed by atoms with Gasteiger partial charge in [-0.2, -0.15) is 0 Å². The van der Waals surface area contributed by atoms with E-state index in [1.807, 2.05) is 0 Å². The molecule has 1 rings (SSSR count). The SMILES string of the molecule is NC(=O)C(=O)Cc1ccco1. The van der Waals surface area contributed by atoms with Crippen molar-refractivity contribution in [3.8, 4) is 0 Å². The number of carbonyl (C=O) groups is 2. The maximum Gasteiger partial charge on any atom is 0.285 e. The van der Waals surface area contributed by atoms with Crippen LogP contribution >= 0.6 is 0 Å². The van der Waals surface area contributed by atoms with E-state index in [9.17, 15) is 9.59 Å². The first-order valence-corrected chi connectivity index (χ1v) is 3.05. The topological polar surface area (TPSA) is 73.3 Å². The van der Waals surface area contributed by atoms with Gasteiger partial charge >= 0.3 is 0 Å². The summed E-state index contributed by atoms with van der Waals surface area (Å²) in [6, 6.07) is 3.25. The highest BCUT2D eigenvalue weighted by Crippen LogP contribution is 2.00. The van der Waals surface area contributed by atoms with Crippen LogP contribution in [-0.4, -0.2) is 11.7 Å². The smallest absolute Gasteiger partial charge is 0.285 e. The van der Waals surface area contributed by atoms with Gasteiger partial charge in [0.15, 0.2) is 0 Å². The molecule has 0 saturated heterocycles. The lowest BCUT2D eigenvalue weighted by atomic mass is 10.2. The summed E-state index contributed by atoms with van der Waals surface area (Å²) in [7, 11) is 0. The van der Waals surface area contributed by atoms with Gasteiger partial charge in [-0.1, -0.05) is 0 Å². The number of hydrogen-bond donors (Lipinski definition) is 1. The fourth-order valence-corrected chi connectivity index (χ4v) is 0.659. The van der Waals surface area contributed by atoms with Crippen molar-refractivity contribution in [3.05, 3.63) is 24.2 Å². The highest BCUT2D eigenvalue weighted by molar-refractivity contribution is 6.35. The zero-order valence-electron chi connectivity index (χ0n) is 5.74. The van der Waals surface area contributed by atoms with E-state index in [0.717, 1.165) is 0 Å². The number of hydrogen-bond acceptors (Lipinski definition) is 3. The number of amides is 1. The molecule has 4 nitrogen and oxygen atoms in total. The van der Waals surface area contributed by atoms with E-state index in [0.29, 0.717) is 5.76 Å². The number of ketones is 1. The van der Waals surface area contributed by atoms with Crippen LogP contribution in [0.2, 0.25) is 0 Å². The monoisotopic (exact) mass is 153 g/mol. The second-order valence-electron chi connectivity index (χ2n) is 2.04. The number of nitrogens with two attached hydrogens (primary N) is 1. The van der Waals surface area contributed by atoms with Crippen LogP contribution < -0.4 is 5.73 Å². The van der Waals surface area contributed by atoms with Gasteiger partial charge in [-0.3, -0.25) is 9.59 Å². The van der Waals surface area contributed by atoms with Gasteiger partial charge in [0.2, 0.25) is 5.78 Å². The fraction of sp³-hybridized carbons (Fsp3) is 0.143. The Hall–Kier alpha value is -1.58. The molecule has 4 heteroatoms. The van der Waals surface area contributed by atoms with Crippen molar-refractivity contribution < 1.29 is 14.0 Å². The van der Waals surface area contributed by atoms with Gasteiger partial charge in [0, 0.05) is 0 Å². The van der Waals surface area contributed by atoms with Crippen molar-refractivity contribution in [3.63, 3.8) is 0 Å². The standard InChI is InChI=1S/C7H7NO3/c8-7(10)6(9)4-5-2-1-3-11-5/h1-3H,4H2,(H2,8,10). The number of rotatable bonds is 3. The lowest BCUT2D eigenvalue weighted by molar-refractivity contribution is -0.135. The molecule has 0 bridgehead atoms. The predicted octanol–water partition coefficient (Wildman–Crippen LogP) is -0.124. The summed E-state index contributed by atoms with van der Waals surface area (Å²) in [5.74, 6) is -1.12. The Morgan fingerprint density at radius 1 is 1.55 bits per heavy atom. The van der Waals surface area contributed by atoms with Crippen molar-refractivity contribution in [2.45, 2.75) is 6.42 Å². The van der Waals surface area contributed by atoms with Crippen LogP contribution in [0.1, 0.15) is 5.76 Å². The number of carbonyl (C=O) groups excluding carboxylic acids is 2. The summed E-state index contributed by atoms with van der Waals surface area (Å²) in [5.41, 5.74) is 4.72. The number of Topliss-reactive ketones (excluding diaryl/α,β-unsaturated/α-hetero) is 1. The Kier molecular flexibility index (Phi) is 2.06. The van der Waals surface area contributed by atoms with E-state index in [1.165, 1.54) is 6.26 Å². The Morgan fingerprint density at radius 3 is 2.73 bits per heavy atom. The zero-order valence-corrected chi connectivity index (χ0v) is 5.74. The molecule has 0 radical (unpaired) electrons. The average molecular weight is 153 g/mol. The highest BCUT2D eigenvalue weighted by atomic mass is 16.3. The molecule has 1 aromatic heterocycles. The molecule has 0 aliphatic rings. The van der Waals surface area contributed by atoms with Crippen molar-refractivity contribution in [1.82, 2.24) is 0 Å². The van der Waals surface area contributed by atoms with Crippen molar-refractivity contribution in [2.24, 2.45) is 5.73 Å². The highest BCUT2D eigenvalue weighted by Gasteiger charge is 2.10. The van der Waals surface area contributed by atoms with Gasteiger partial charge in [0.1, 0.15) is 5.76 Å². The van der Waals surface area contributed by atoms with Crippen LogP contribution in [0.3, 0.4) is 0 Å². The van der Waals surface area contributed by atoms with E-state index in [1.54, 1.807) is 12.1 Å². The van der Waals surface area contributed by atoms with Gasteiger partial charge < -0.3 is 10.2 Å². The Morgan fingerprint density at radius 2 is 2.27 bits per heavy atom. The lowest BCUT2D eigenvalue weighted by Gasteiger charge is -1.90. The van der Waals surface area contributed by atoms with E-state index in [-0.39, 0.29) is 6.42 Å². The molecule has 0 aromatic carbocycles. The van der Waals surface area contributed by atoms with Gasteiger partial charge in [-0.15, -0.1) is 0 Å². The molecule has 0 aliphatic heterocycles. The molecule has 0 fully saturated rings. The van der Waals surface area contributed by atoms with Crippen LogP contribution in [0.5, 0.6) is 0 Å². The molecule has 1 aromatic rings. The van der Waals surface area contributed by atoms with Crippen LogP contribution in [0.15, 0.2) is 22.8 Å². The first-order chi connectivity index (χ1) is 5.20. The third kappa shape index (κ3) is 1.93. The van der Waals surface area contributed by atoms with Gasteiger partial charge in [0.25, 0.3) is 5.91 Å². The minimum atomic E-state index is -0.929. The molecular weight excluding hydrogens is 146 g/mol. The Bertz CT molecular complexity index is 263. The number of furan rings is 1. The second-order valence-corrected chi connectivity index (χ2v) is 2.04. The van der Waals surface area contributed by atoms with E-state index < -0.39 is 11.7 Å². The van der Waals surface area contributed by atoms with Crippen molar-refractivity contribution >= 4 is 11.7 Å². The van der Waals surface area contributed by atoms with E-state index in [4.69, 9.17) is 10.2 Å². The van der Waals surface area contributed by atoms with Gasteiger partial charge in [-0.05, 0) is 12.1 Å². The fourth-order valence-electron chi connectivity index (χ4n) is 0.659. The van der Waals surface area contributed by atoms with Crippen molar-refractivity contribution in [2.75, 3.05) is 0 Å². The molecular formula is C7H7NO3. The molecule has 11 heavy (non-hydrogen) atoms. The third-order valence-corrected chi connectivity index (χ3v) is 1.19. The first-order valence-electron chi connectivity index (χ1n) is 3.05. The molecule has 58 valence electrons. The predicted molar refractivity (Wildman–Crippen MR) is 36.6 cm³/mol. The van der Waals surface area contributed by atoms with Gasteiger partial charge in [0.05, 0.1) is 12.7 Å². The van der Waals surface area contributed by atoms with Crippen molar-refractivity contribution in [1.29, 1.82) is 0 Å². The molecule has 1 amide bonds. The van der Waals surface area contributed by atoms with E-state index in [2.05, 4.69) is 0 Å². The third-order valence-electron chi connectivity index (χ3n) is 1.19. The maximum atomic E-state index is 10.7. The minimum Gasteiger partial charge on any atom is -0.469 e. The number of primary amides is 1. The van der Waals surface area contributed by atoms with Crippen LogP contribution in [-0.2, 0) is 16.0 Å².